The summed E-state index contributed by atoms with van der Waals surface area (Å²) in [4.78, 5) is 4.57. The first-order valence-electron chi connectivity index (χ1n) is 6.97. The number of hydrogen-bond donors (Lipinski definition) is 1. The summed E-state index contributed by atoms with van der Waals surface area (Å²) >= 11 is 0. The van der Waals surface area contributed by atoms with E-state index in [0.29, 0.717) is 5.92 Å². The Balaban J connectivity index is 1.68. The normalized spacial score (nSPS) is 33.5. The van der Waals surface area contributed by atoms with Crippen molar-refractivity contribution in [1.82, 2.24) is 15.5 Å². The second-order valence-electron chi connectivity index (χ2n) is 5.54. The molecule has 3 atom stereocenters. The molecule has 0 bridgehead atoms. The van der Waals surface area contributed by atoms with E-state index in [4.69, 9.17) is 9.26 Å². The summed E-state index contributed by atoms with van der Waals surface area (Å²) in [5.74, 6) is 2.62. The van der Waals surface area contributed by atoms with E-state index in [1.54, 1.807) is 0 Å². The smallest absolute Gasteiger partial charge is 0.243 e. The van der Waals surface area contributed by atoms with Gasteiger partial charge in [0.15, 0.2) is 5.82 Å². The fourth-order valence-corrected chi connectivity index (χ4v) is 2.79. The first kappa shape index (κ1) is 12.1. The van der Waals surface area contributed by atoms with Gasteiger partial charge in [-0.2, -0.15) is 4.98 Å². The minimum atomic E-state index is 0.236. The summed E-state index contributed by atoms with van der Waals surface area (Å²) in [6.07, 6.45) is 4.51. The van der Waals surface area contributed by atoms with Gasteiger partial charge in [-0.15, -0.1) is 0 Å². The van der Waals surface area contributed by atoms with Crippen LogP contribution in [0, 0.1) is 5.92 Å². The van der Waals surface area contributed by atoms with E-state index in [1.807, 2.05) is 0 Å². The molecule has 0 saturated carbocycles. The van der Waals surface area contributed by atoms with Gasteiger partial charge in [-0.1, -0.05) is 12.1 Å². The Bertz CT molecular complexity index is 387. The number of ether oxygens (including phenoxy) is 1. The zero-order valence-corrected chi connectivity index (χ0v) is 10.9. The number of nitrogens with one attached hydrogen (secondary N) is 1. The van der Waals surface area contributed by atoms with E-state index < -0.39 is 0 Å². The molecule has 5 heteroatoms. The van der Waals surface area contributed by atoms with Crippen LogP contribution in [0.2, 0.25) is 0 Å². The molecule has 1 aromatic heterocycles. The second kappa shape index (κ2) is 5.36. The van der Waals surface area contributed by atoms with Gasteiger partial charge in [0.25, 0.3) is 0 Å². The summed E-state index contributed by atoms with van der Waals surface area (Å²) in [7, 11) is 0. The Morgan fingerprint density at radius 1 is 1.33 bits per heavy atom. The summed E-state index contributed by atoms with van der Waals surface area (Å²) in [5.41, 5.74) is 0. The van der Waals surface area contributed by atoms with Crippen LogP contribution in [0.25, 0.3) is 0 Å². The SMILES string of the molecule is CC1CCNC(c2nc(C3CCCOC3)no2)C1. The molecule has 2 fully saturated rings. The Morgan fingerprint density at radius 3 is 3.06 bits per heavy atom. The highest BCUT2D eigenvalue weighted by atomic mass is 16.5. The van der Waals surface area contributed by atoms with Gasteiger partial charge in [-0.25, -0.2) is 0 Å². The molecule has 2 saturated heterocycles. The zero-order valence-electron chi connectivity index (χ0n) is 10.9. The third kappa shape index (κ3) is 2.57. The van der Waals surface area contributed by atoms with Crippen molar-refractivity contribution in [3.63, 3.8) is 0 Å². The van der Waals surface area contributed by atoms with E-state index in [2.05, 4.69) is 22.4 Å². The van der Waals surface area contributed by atoms with Crippen LogP contribution in [0.15, 0.2) is 4.52 Å². The van der Waals surface area contributed by atoms with Crippen molar-refractivity contribution in [2.75, 3.05) is 19.8 Å². The molecule has 3 rings (SSSR count). The molecule has 0 aromatic carbocycles. The Kier molecular flexibility index (Phi) is 3.61. The Hall–Kier alpha value is -0.940. The molecule has 0 radical (unpaired) electrons. The van der Waals surface area contributed by atoms with Crippen LogP contribution >= 0.6 is 0 Å². The van der Waals surface area contributed by atoms with E-state index in [9.17, 15) is 0 Å². The third-order valence-corrected chi connectivity index (χ3v) is 3.95. The lowest BCUT2D eigenvalue weighted by Gasteiger charge is -2.25. The number of hydrogen-bond acceptors (Lipinski definition) is 5. The summed E-state index contributed by atoms with van der Waals surface area (Å²) < 4.78 is 10.9. The van der Waals surface area contributed by atoms with Gasteiger partial charge in [0.2, 0.25) is 5.89 Å². The van der Waals surface area contributed by atoms with Crippen LogP contribution in [0.5, 0.6) is 0 Å². The molecule has 3 heterocycles. The molecular weight excluding hydrogens is 230 g/mol. The van der Waals surface area contributed by atoms with Gasteiger partial charge in [-0.3, -0.25) is 0 Å². The van der Waals surface area contributed by atoms with Gasteiger partial charge in [-0.05, 0) is 38.1 Å². The van der Waals surface area contributed by atoms with Crippen LogP contribution in [0.3, 0.4) is 0 Å². The van der Waals surface area contributed by atoms with Gasteiger partial charge in [0.1, 0.15) is 0 Å². The van der Waals surface area contributed by atoms with Crippen molar-refractivity contribution in [3.8, 4) is 0 Å². The van der Waals surface area contributed by atoms with Crippen LogP contribution in [-0.2, 0) is 4.74 Å². The minimum absolute atomic E-state index is 0.236. The first-order valence-corrected chi connectivity index (χ1v) is 6.97. The third-order valence-electron chi connectivity index (χ3n) is 3.95. The molecule has 18 heavy (non-hydrogen) atoms. The van der Waals surface area contributed by atoms with E-state index in [0.717, 1.165) is 56.7 Å². The fraction of sp³-hybridized carbons (Fsp3) is 0.846. The predicted octanol–water partition coefficient (Wildman–Crippen LogP) is 2.02. The first-order chi connectivity index (χ1) is 8.83. The average Bonchev–Trinajstić information content (AvgIpc) is 2.89. The van der Waals surface area contributed by atoms with Crippen LogP contribution in [0.1, 0.15) is 56.3 Å². The molecule has 0 aliphatic carbocycles. The molecule has 2 aliphatic heterocycles. The number of aromatic nitrogens is 2. The molecule has 100 valence electrons. The van der Waals surface area contributed by atoms with Gasteiger partial charge in [0.05, 0.1) is 12.6 Å². The topological polar surface area (TPSA) is 60.2 Å². The lowest BCUT2D eigenvalue weighted by atomic mass is 9.94. The zero-order chi connectivity index (χ0) is 12.4. The molecule has 3 unspecified atom stereocenters. The van der Waals surface area contributed by atoms with Crippen LogP contribution in [-0.4, -0.2) is 29.9 Å². The quantitative estimate of drug-likeness (QED) is 0.871. The van der Waals surface area contributed by atoms with Crippen molar-refractivity contribution < 1.29 is 9.26 Å². The van der Waals surface area contributed by atoms with Crippen molar-refractivity contribution in [2.45, 2.75) is 44.6 Å². The summed E-state index contributed by atoms with van der Waals surface area (Å²) in [6, 6.07) is 0.236. The average molecular weight is 251 g/mol. The van der Waals surface area contributed by atoms with Crippen molar-refractivity contribution in [3.05, 3.63) is 11.7 Å². The molecule has 2 aliphatic rings. The van der Waals surface area contributed by atoms with Crippen LogP contribution < -0.4 is 5.32 Å². The Labute approximate surface area is 107 Å². The standard InChI is InChI=1S/C13H21N3O2/c1-9-4-5-14-11(7-9)13-15-12(16-18-13)10-3-2-6-17-8-10/h9-11,14H,2-8H2,1H3. The molecule has 5 nitrogen and oxygen atoms in total. The van der Waals surface area contributed by atoms with Crippen molar-refractivity contribution in [2.24, 2.45) is 5.92 Å². The lowest BCUT2D eigenvalue weighted by molar-refractivity contribution is 0.0773. The molecule has 1 N–H and O–H groups in total. The van der Waals surface area contributed by atoms with Crippen LogP contribution in [0.4, 0.5) is 0 Å². The molecule has 0 spiro atoms. The maximum absolute atomic E-state index is 5.47. The number of piperidine rings is 1. The summed E-state index contributed by atoms with van der Waals surface area (Å²) in [5, 5.41) is 7.59. The molecule has 1 aromatic rings. The minimum Gasteiger partial charge on any atom is -0.381 e. The van der Waals surface area contributed by atoms with Gasteiger partial charge in [0, 0.05) is 12.5 Å². The molecule has 0 amide bonds. The van der Waals surface area contributed by atoms with E-state index >= 15 is 0 Å². The second-order valence-corrected chi connectivity index (χ2v) is 5.54. The lowest BCUT2D eigenvalue weighted by Crippen LogP contribution is -2.31. The highest BCUT2D eigenvalue weighted by Gasteiger charge is 2.27. The Morgan fingerprint density at radius 2 is 2.28 bits per heavy atom. The number of nitrogens with zero attached hydrogens (tertiary/aromatic N) is 2. The fourth-order valence-electron chi connectivity index (χ4n) is 2.79. The van der Waals surface area contributed by atoms with E-state index in [-0.39, 0.29) is 6.04 Å². The maximum Gasteiger partial charge on any atom is 0.243 e. The predicted molar refractivity (Wildman–Crippen MR) is 66.2 cm³/mol. The van der Waals surface area contributed by atoms with Gasteiger partial charge < -0.3 is 14.6 Å². The monoisotopic (exact) mass is 251 g/mol. The highest BCUT2D eigenvalue weighted by molar-refractivity contribution is 5.00. The van der Waals surface area contributed by atoms with Crippen molar-refractivity contribution in [1.29, 1.82) is 0 Å². The van der Waals surface area contributed by atoms with Gasteiger partial charge >= 0.3 is 0 Å². The highest BCUT2D eigenvalue weighted by Crippen LogP contribution is 2.28. The maximum atomic E-state index is 5.47. The number of rotatable bonds is 2. The molecular formula is C13H21N3O2. The van der Waals surface area contributed by atoms with E-state index in [1.165, 1.54) is 6.42 Å². The summed E-state index contributed by atoms with van der Waals surface area (Å²) in [6.45, 7) is 4.91. The van der Waals surface area contributed by atoms with Crippen molar-refractivity contribution >= 4 is 0 Å². The largest absolute Gasteiger partial charge is 0.381 e.